The van der Waals surface area contributed by atoms with Gasteiger partial charge in [-0.3, -0.25) is 9.88 Å². The van der Waals surface area contributed by atoms with Gasteiger partial charge >= 0.3 is 6.16 Å². The van der Waals surface area contributed by atoms with E-state index in [1.807, 2.05) is 72.3 Å². The van der Waals surface area contributed by atoms with Crippen molar-refractivity contribution >= 4 is 27.8 Å². The van der Waals surface area contributed by atoms with Gasteiger partial charge in [0.05, 0.1) is 12.1 Å². The van der Waals surface area contributed by atoms with Crippen molar-refractivity contribution in [3.63, 3.8) is 0 Å². The molecule has 0 atom stereocenters. The van der Waals surface area contributed by atoms with Crippen molar-refractivity contribution < 1.29 is 19.4 Å². The fourth-order valence-corrected chi connectivity index (χ4v) is 5.98. The molecule has 0 bridgehead atoms. The van der Waals surface area contributed by atoms with Crippen LogP contribution in [-0.4, -0.2) is 39.4 Å². The summed E-state index contributed by atoms with van der Waals surface area (Å²) in [5, 5.41) is 13.1. The van der Waals surface area contributed by atoms with Crippen LogP contribution in [0.15, 0.2) is 109 Å². The van der Waals surface area contributed by atoms with Gasteiger partial charge in [-0.25, -0.2) is 4.79 Å². The number of ether oxygens (including phenoxy) is 2. The second kappa shape index (κ2) is 13.0. The zero-order valence-electron chi connectivity index (χ0n) is 24.9. The first-order valence-electron chi connectivity index (χ1n) is 14.8. The number of nitrogens with zero attached hydrogens (tertiary/aromatic N) is 3. The Morgan fingerprint density at radius 3 is 2.41 bits per heavy atom. The molecule has 0 aliphatic rings. The zero-order valence-corrected chi connectivity index (χ0v) is 24.9. The van der Waals surface area contributed by atoms with Crippen molar-refractivity contribution in [3.05, 3.63) is 126 Å². The quantitative estimate of drug-likeness (QED) is 0.122. The first-order chi connectivity index (χ1) is 21.5. The molecule has 0 saturated carbocycles. The van der Waals surface area contributed by atoms with Crippen LogP contribution in [0.3, 0.4) is 0 Å². The smallest absolute Gasteiger partial charge is 0.493 e. The Morgan fingerprint density at radius 2 is 1.59 bits per heavy atom. The van der Waals surface area contributed by atoms with E-state index in [0.717, 1.165) is 55.2 Å². The van der Waals surface area contributed by atoms with Crippen LogP contribution in [0.2, 0.25) is 0 Å². The van der Waals surface area contributed by atoms with E-state index in [-0.39, 0.29) is 0 Å². The number of fused-ring (bicyclic) bond motifs is 2. The van der Waals surface area contributed by atoms with Gasteiger partial charge in [0.1, 0.15) is 5.75 Å². The molecule has 0 aliphatic carbocycles. The van der Waals surface area contributed by atoms with Gasteiger partial charge in [0.15, 0.2) is 0 Å². The molecule has 0 amide bonds. The zero-order chi connectivity index (χ0) is 30.5. The van der Waals surface area contributed by atoms with Crippen molar-refractivity contribution in [2.24, 2.45) is 0 Å². The molecule has 6 rings (SSSR count). The molecule has 2 aromatic heterocycles. The summed E-state index contributed by atoms with van der Waals surface area (Å²) in [6.45, 7) is 4.25. The summed E-state index contributed by atoms with van der Waals surface area (Å²) in [5.74, 6) is 1.18. The third kappa shape index (κ3) is 6.14. The molecule has 7 nitrogen and oxygen atoms in total. The lowest BCUT2D eigenvalue weighted by Gasteiger charge is -2.18. The summed E-state index contributed by atoms with van der Waals surface area (Å²) >= 11 is 0. The summed E-state index contributed by atoms with van der Waals surface area (Å²) in [6.07, 6.45) is 2.88. The molecule has 222 valence electrons. The van der Waals surface area contributed by atoms with Crippen molar-refractivity contribution in [3.8, 4) is 22.8 Å². The van der Waals surface area contributed by atoms with E-state index in [1.165, 1.54) is 0 Å². The standard InChI is InChI=1S/C37H35N3O4/c1-26-10-3-5-13-29(26)31-15-8-16-33-35(31)32(25-39(2)24-27-18-20-38-21-19-27)36(44-37(41)42)40(33)22-9-23-43-34-17-7-12-28-11-4-6-14-30(28)34/h3-8,10-21H,9,22-25H2,1-2H3,(H,41,42). The molecule has 0 aliphatic heterocycles. The molecule has 0 saturated heterocycles. The number of carbonyl (C=O) groups is 1. The Labute approximate surface area is 256 Å². The average Bonchev–Trinajstić information content (AvgIpc) is 3.31. The van der Waals surface area contributed by atoms with E-state index in [2.05, 4.69) is 53.2 Å². The number of carboxylic acid groups (broad SMARTS) is 1. The van der Waals surface area contributed by atoms with Gasteiger partial charge in [-0.2, -0.15) is 0 Å². The lowest BCUT2D eigenvalue weighted by molar-refractivity contribution is 0.139. The maximum atomic E-state index is 12.1. The number of rotatable bonds is 11. The van der Waals surface area contributed by atoms with Gasteiger partial charge in [0.2, 0.25) is 5.88 Å². The molecule has 4 aromatic carbocycles. The van der Waals surface area contributed by atoms with Gasteiger partial charge < -0.3 is 19.1 Å². The topological polar surface area (TPSA) is 76.8 Å². The van der Waals surface area contributed by atoms with Gasteiger partial charge in [0.25, 0.3) is 0 Å². The minimum Gasteiger partial charge on any atom is -0.493 e. The summed E-state index contributed by atoms with van der Waals surface area (Å²) in [6, 6.07) is 32.6. The second-order valence-corrected chi connectivity index (χ2v) is 11.0. The Morgan fingerprint density at radius 1 is 0.864 bits per heavy atom. The molecule has 6 aromatic rings. The van der Waals surface area contributed by atoms with Gasteiger partial charge in [-0.1, -0.05) is 72.8 Å². The molecular weight excluding hydrogens is 550 g/mol. The molecule has 2 heterocycles. The molecular formula is C37H35N3O4. The highest BCUT2D eigenvalue weighted by atomic mass is 16.7. The summed E-state index contributed by atoms with van der Waals surface area (Å²) in [4.78, 5) is 18.4. The molecule has 7 heteroatoms. The monoisotopic (exact) mass is 585 g/mol. The predicted octanol–water partition coefficient (Wildman–Crippen LogP) is 8.32. The lowest BCUT2D eigenvalue weighted by atomic mass is 9.95. The van der Waals surface area contributed by atoms with Crippen molar-refractivity contribution in [1.29, 1.82) is 0 Å². The molecule has 44 heavy (non-hydrogen) atoms. The third-order valence-corrected chi connectivity index (χ3v) is 7.92. The lowest BCUT2D eigenvalue weighted by Crippen LogP contribution is -2.19. The SMILES string of the molecule is Cc1ccccc1-c1cccc2c1c(CN(C)Cc1ccncc1)c(OC(=O)O)n2CCCOc1cccc2ccccc12. The van der Waals surface area contributed by atoms with E-state index in [9.17, 15) is 9.90 Å². The van der Waals surface area contributed by atoms with E-state index < -0.39 is 6.16 Å². The Balaban J connectivity index is 1.38. The minimum absolute atomic E-state index is 0.347. The normalized spacial score (nSPS) is 11.3. The predicted molar refractivity (Wildman–Crippen MR) is 174 cm³/mol. The van der Waals surface area contributed by atoms with Crippen molar-refractivity contribution in [2.45, 2.75) is 33.0 Å². The second-order valence-electron chi connectivity index (χ2n) is 11.0. The highest BCUT2D eigenvalue weighted by Crippen LogP contribution is 2.41. The Hall–Kier alpha value is -5.14. The minimum atomic E-state index is -1.34. The number of aryl methyl sites for hydroxylation is 2. The van der Waals surface area contributed by atoms with Crippen LogP contribution >= 0.6 is 0 Å². The highest BCUT2D eigenvalue weighted by molar-refractivity contribution is 6.00. The molecule has 0 radical (unpaired) electrons. The van der Waals surface area contributed by atoms with Gasteiger partial charge in [0, 0.05) is 48.4 Å². The molecule has 0 unspecified atom stereocenters. The van der Waals surface area contributed by atoms with E-state index in [0.29, 0.717) is 38.5 Å². The van der Waals surface area contributed by atoms with Crippen LogP contribution < -0.4 is 9.47 Å². The van der Waals surface area contributed by atoms with Crippen LogP contribution in [0.4, 0.5) is 4.79 Å². The van der Waals surface area contributed by atoms with Crippen LogP contribution in [0, 0.1) is 6.92 Å². The van der Waals surface area contributed by atoms with Gasteiger partial charge in [-0.15, -0.1) is 0 Å². The average molecular weight is 586 g/mol. The first kappa shape index (κ1) is 29.0. The summed E-state index contributed by atoms with van der Waals surface area (Å²) in [7, 11) is 2.03. The van der Waals surface area contributed by atoms with Gasteiger partial charge in [-0.05, 0) is 72.3 Å². The van der Waals surface area contributed by atoms with E-state index >= 15 is 0 Å². The number of hydrogen-bond acceptors (Lipinski definition) is 5. The largest absolute Gasteiger partial charge is 0.512 e. The van der Waals surface area contributed by atoms with Crippen molar-refractivity contribution in [2.75, 3.05) is 13.7 Å². The Kier molecular flexibility index (Phi) is 8.57. The summed E-state index contributed by atoms with van der Waals surface area (Å²) in [5.41, 5.74) is 6.19. The van der Waals surface area contributed by atoms with Crippen molar-refractivity contribution in [1.82, 2.24) is 14.5 Å². The number of hydrogen-bond donors (Lipinski definition) is 1. The first-order valence-corrected chi connectivity index (χ1v) is 14.8. The molecule has 1 N–H and O–H groups in total. The van der Waals surface area contributed by atoms with Crippen LogP contribution in [0.25, 0.3) is 32.8 Å². The van der Waals surface area contributed by atoms with E-state index in [1.54, 1.807) is 12.4 Å². The van der Waals surface area contributed by atoms with Crippen LogP contribution in [0.1, 0.15) is 23.1 Å². The molecule has 0 fully saturated rings. The fourth-order valence-electron chi connectivity index (χ4n) is 5.98. The highest BCUT2D eigenvalue weighted by Gasteiger charge is 2.25. The number of benzene rings is 4. The maximum Gasteiger partial charge on any atom is 0.512 e. The summed E-state index contributed by atoms with van der Waals surface area (Å²) < 4.78 is 13.8. The molecule has 0 spiro atoms. The number of pyridine rings is 1. The maximum absolute atomic E-state index is 12.1. The van der Waals surface area contributed by atoms with Crippen LogP contribution in [-0.2, 0) is 19.6 Å². The third-order valence-electron chi connectivity index (χ3n) is 7.92. The van der Waals surface area contributed by atoms with E-state index in [4.69, 9.17) is 9.47 Å². The van der Waals surface area contributed by atoms with Crippen LogP contribution in [0.5, 0.6) is 11.6 Å². The fraction of sp³-hybridized carbons (Fsp3) is 0.189. The number of aromatic nitrogens is 2. The Bertz CT molecular complexity index is 1910.